The second-order valence-electron chi connectivity index (χ2n) is 6.54. The number of piperazine rings is 1. The molecule has 2 aliphatic heterocycles. The van der Waals surface area contributed by atoms with E-state index in [0.717, 1.165) is 42.6 Å². The molecule has 132 valence electrons. The van der Waals surface area contributed by atoms with Crippen LogP contribution in [-0.4, -0.2) is 65.0 Å². The summed E-state index contributed by atoms with van der Waals surface area (Å²) >= 11 is 1.42. The van der Waals surface area contributed by atoms with Gasteiger partial charge in [-0.3, -0.25) is 4.79 Å². The lowest BCUT2D eigenvalue weighted by molar-refractivity contribution is -0.133. The highest BCUT2D eigenvalue weighted by atomic mass is 32.1. The van der Waals surface area contributed by atoms with Gasteiger partial charge < -0.3 is 20.9 Å². The molecule has 7 nitrogen and oxygen atoms in total. The van der Waals surface area contributed by atoms with Crippen LogP contribution < -0.4 is 16.0 Å². The van der Waals surface area contributed by atoms with Gasteiger partial charge >= 0.3 is 0 Å². The summed E-state index contributed by atoms with van der Waals surface area (Å²) in [4.78, 5) is 21.4. The summed E-state index contributed by atoms with van der Waals surface area (Å²) < 4.78 is 4.47. The van der Waals surface area contributed by atoms with Crippen LogP contribution in [0.25, 0.3) is 11.4 Å². The summed E-state index contributed by atoms with van der Waals surface area (Å²) in [7, 11) is 0. The molecule has 2 atom stereocenters. The van der Waals surface area contributed by atoms with Gasteiger partial charge in [0.05, 0.1) is 6.04 Å². The number of aromatic nitrogens is 2. The maximum absolute atomic E-state index is 12.5. The highest BCUT2D eigenvalue weighted by molar-refractivity contribution is 7.09. The monoisotopic (exact) mass is 358 g/mol. The molecule has 2 aromatic rings. The third-order valence-electron chi connectivity index (χ3n) is 4.77. The zero-order valence-corrected chi connectivity index (χ0v) is 14.8. The molecule has 8 heteroatoms. The van der Waals surface area contributed by atoms with E-state index in [1.807, 2.05) is 35.2 Å². The number of anilines is 1. The number of nitrogens with zero attached hydrogens (tertiary/aromatic N) is 4. The van der Waals surface area contributed by atoms with Gasteiger partial charge in [0.1, 0.15) is 0 Å². The molecule has 0 radical (unpaired) electrons. The Morgan fingerprint density at radius 1 is 1.20 bits per heavy atom. The first-order valence-corrected chi connectivity index (χ1v) is 9.40. The summed E-state index contributed by atoms with van der Waals surface area (Å²) in [6.07, 6.45) is 0.732. The van der Waals surface area contributed by atoms with Crippen molar-refractivity contribution in [1.29, 1.82) is 0 Å². The van der Waals surface area contributed by atoms with Crippen LogP contribution in [0, 0.1) is 0 Å². The maximum Gasteiger partial charge on any atom is 0.239 e. The van der Waals surface area contributed by atoms with Crippen molar-refractivity contribution in [2.24, 2.45) is 5.73 Å². The largest absolute Gasteiger partial charge is 0.343 e. The summed E-state index contributed by atoms with van der Waals surface area (Å²) in [5.41, 5.74) is 6.92. The fourth-order valence-electron chi connectivity index (χ4n) is 3.34. The molecule has 2 aliphatic rings. The predicted molar refractivity (Wildman–Crippen MR) is 98.5 cm³/mol. The summed E-state index contributed by atoms with van der Waals surface area (Å²) in [5.74, 6) is 0.943. The molecule has 4 rings (SSSR count). The lowest BCUT2D eigenvalue weighted by Crippen LogP contribution is -2.53. The zero-order chi connectivity index (χ0) is 17.2. The summed E-state index contributed by atoms with van der Waals surface area (Å²) in [6, 6.07) is 9.97. The van der Waals surface area contributed by atoms with Crippen molar-refractivity contribution in [1.82, 2.24) is 19.6 Å². The number of amides is 1. The van der Waals surface area contributed by atoms with Crippen molar-refractivity contribution in [2.45, 2.75) is 18.5 Å². The Morgan fingerprint density at radius 3 is 2.64 bits per heavy atom. The fraction of sp³-hybridized carbons (Fsp3) is 0.471. The molecule has 2 fully saturated rings. The van der Waals surface area contributed by atoms with Crippen LogP contribution in [0.2, 0.25) is 0 Å². The molecular formula is C17H22N6OS. The topological polar surface area (TPSA) is 87.4 Å². The zero-order valence-electron chi connectivity index (χ0n) is 14.0. The molecular weight excluding hydrogens is 336 g/mol. The minimum absolute atomic E-state index is 0.0908. The Kier molecular flexibility index (Phi) is 4.65. The van der Waals surface area contributed by atoms with Gasteiger partial charge in [0.2, 0.25) is 11.0 Å². The molecule has 2 saturated heterocycles. The highest BCUT2D eigenvalue weighted by Crippen LogP contribution is 2.24. The number of hydrogen-bond donors (Lipinski definition) is 2. The SMILES string of the molecule is N[C@H]1CN[C@H](C(=O)N2CCN(c3nc(-c4ccccc4)ns3)CC2)C1. The first-order chi connectivity index (χ1) is 12.2. The third-order valence-corrected chi connectivity index (χ3v) is 5.55. The van der Waals surface area contributed by atoms with Gasteiger partial charge in [0.25, 0.3) is 0 Å². The van der Waals surface area contributed by atoms with Crippen LogP contribution in [0.15, 0.2) is 30.3 Å². The average Bonchev–Trinajstić information content (AvgIpc) is 3.31. The number of benzene rings is 1. The van der Waals surface area contributed by atoms with Crippen molar-refractivity contribution in [3.63, 3.8) is 0 Å². The number of carbonyl (C=O) groups excluding carboxylic acids is 1. The number of nitrogens with one attached hydrogen (secondary N) is 1. The Balaban J connectivity index is 1.36. The molecule has 0 spiro atoms. The van der Waals surface area contributed by atoms with Gasteiger partial charge in [0, 0.05) is 55.9 Å². The molecule has 0 bridgehead atoms. The third kappa shape index (κ3) is 3.51. The number of hydrogen-bond acceptors (Lipinski definition) is 7. The minimum atomic E-state index is -0.118. The van der Waals surface area contributed by atoms with Crippen molar-refractivity contribution in [2.75, 3.05) is 37.6 Å². The Hall–Kier alpha value is -2.03. The minimum Gasteiger partial charge on any atom is -0.343 e. The molecule has 1 aromatic carbocycles. The van der Waals surface area contributed by atoms with Crippen molar-refractivity contribution in [3.05, 3.63) is 30.3 Å². The van der Waals surface area contributed by atoms with E-state index in [4.69, 9.17) is 5.73 Å². The van der Waals surface area contributed by atoms with Crippen molar-refractivity contribution >= 4 is 22.6 Å². The molecule has 0 aliphatic carbocycles. The van der Waals surface area contributed by atoms with Gasteiger partial charge in [0.15, 0.2) is 5.82 Å². The number of carbonyl (C=O) groups is 1. The van der Waals surface area contributed by atoms with Crippen molar-refractivity contribution in [3.8, 4) is 11.4 Å². The van der Waals surface area contributed by atoms with Crippen molar-refractivity contribution < 1.29 is 4.79 Å². The van der Waals surface area contributed by atoms with Gasteiger partial charge in [-0.05, 0) is 6.42 Å². The van der Waals surface area contributed by atoms with E-state index in [-0.39, 0.29) is 18.0 Å². The van der Waals surface area contributed by atoms with E-state index in [2.05, 4.69) is 19.6 Å². The molecule has 1 amide bonds. The number of rotatable bonds is 3. The van der Waals surface area contributed by atoms with E-state index in [0.29, 0.717) is 13.1 Å². The quantitative estimate of drug-likeness (QED) is 0.833. The smallest absolute Gasteiger partial charge is 0.239 e. The summed E-state index contributed by atoms with van der Waals surface area (Å²) in [5, 5.41) is 4.14. The molecule has 0 saturated carbocycles. The van der Waals surface area contributed by atoms with Gasteiger partial charge in [-0.2, -0.15) is 9.36 Å². The van der Waals surface area contributed by atoms with E-state index in [1.54, 1.807) is 0 Å². The lowest BCUT2D eigenvalue weighted by atomic mass is 10.1. The average molecular weight is 358 g/mol. The maximum atomic E-state index is 12.5. The Labute approximate surface area is 151 Å². The predicted octanol–water partition coefficient (Wildman–Crippen LogP) is 0.543. The van der Waals surface area contributed by atoms with Crippen LogP contribution >= 0.6 is 11.5 Å². The van der Waals surface area contributed by atoms with E-state index >= 15 is 0 Å². The number of nitrogens with two attached hydrogens (primary N) is 1. The second kappa shape index (κ2) is 7.07. The summed E-state index contributed by atoms with van der Waals surface area (Å²) in [6.45, 7) is 3.73. The van der Waals surface area contributed by atoms with Gasteiger partial charge in [-0.25, -0.2) is 0 Å². The molecule has 25 heavy (non-hydrogen) atoms. The standard InChI is InChI=1S/C17H22N6OS/c18-13-10-14(19-11-13)16(24)22-6-8-23(9-7-22)17-20-15(21-25-17)12-4-2-1-3-5-12/h1-5,13-14,19H,6-11,18H2/t13-,14+/m1/s1. The fourth-order valence-corrected chi connectivity index (χ4v) is 4.08. The Morgan fingerprint density at radius 2 is 1.96 bits per heavy atom. The highest BCUT2D eigenvalue weighted by Gasteiger charge is 2.32. The molecule has 3 heterocycles. The van der Waals surface area contributed by atoms with Gasteiger partial charge in [-0.1, -0.05) is 30.3 Å². The van der Waals surface area contributed by atoms with Crippen LogP contribution in [0.5, 0.6) is 0 Å². The Bertz CT molecular complexity index is 728. The second-order valence-corrected chi connectivity index (χ2v) is 7.27. The van der Waals surface area contributed by atoms with Gasteiger partial charge in [-0.15, -0.1) is 0 Å². The van der Waals surface area contributed by atoms with Crippen LogP contribution in [0.4, 0.5) is 5.13 Å². The van der Waals surface area contributed by atoms with Crippen LogP contribution in [0.3, 0.4) is 0 Å². The molecule has 3 N–H and O–H groups in total. The van der Waals surface area contributed by atoms with E-state index in [1.165, 1.54) is 11.5 Å². The van der Waals surface area contributed by atoms with E-state index < -0.39 is 0 Å². The van der Waals surface area contributed by atoms with Crippen LogP contribution in [-0.2, 0) is 4.79 Å². The molecule has 1 aromatic heterocycles. The molecule has 0 unspecified atom stereocenters. The normalized spacial score (nSPS) is 23.9. The van der Waals surface area contributed by atoms with Crippen LogP contribution in [0.1, 0.15) is 6.42 Å². The lowest BCUT2D eigenvalue weighted by Gasteiger charge is -2.35. The first-order valence-electron chi connectivity index (χ1n) is 8.62. The van der Waals surface area contributed by atoms with E-state index in [9.17, 15) is 4.79 Å². The first kappa shape index (κ1) is 16.4.